The van der Waals surface area contributed by atoms with Gasteiger partial charge in [-0.3, -0.25) is 4.79 Å². The van der Waals surface area contributed by atoms with Crippen molar-refractivity contribution in [3.05, 3.63) is 88.4 Å². The minimum atomic E-state index is -4.22. The van der Waals surface area contributed by atoms with E-state index in [4.69, 9.17) is 32.8 Å². The molecule has 1 aliphatic rings. The Morgan fingerprint density at radius 3 is 2.25 bits per heavy atom. The molecule has 0 radical (unpaired) electrons. The van der Waals surface area contributed by atoms with Crippen molar-refractivity contribution >= 4 is 50.9 Å². The summed E-state index contributed by atoms with van der Waals surface area (Å²) in [7, 11) is -4.22. The summed E-state index contributed by atoms with van der Waals surface area (Å²) >= 11 is 12.2. The summed E-state index contributed by atoms with van der Waals surface area (Å²) in [6.07, 6.45) is 3.26. The number of likely N-dealkylation sites (tertiary alicyclic amines) is 1. The predicted octanol–water partition coefficient (Wildman–Crippen LogP) is 7.34. The molecule has 236 valence electrons. The number of piperidine rings is 1. The summed E-state index contributed by atoms with van der Waals surface area (Å²) in [6.45, 7) is 7.40. The molecule has 44 heavy (non-hydrogen) atoms. The van der Waals surface area contributed by atoms with Gasteiger partial charge in [0.15, 0.2) is 5.75 Å². The van der Waals surface area contributed by atoms with Gasteiger partial charge in [-0.1, -0.05) is 45.9 Å². The maximum absolute atomic E-state index is 13.7. The monoisotopic (exact) mass is 661 g/mol. The summed E-state index contributed by atoms with van der Waals surface area (Å²) in [5, 5.41) is 3.43. The summed E-state index contributed by atoms with van der Waals surface area (Å²) in [6, 6.07) is 18.5. The second kappa shape index (κ2) is 14.5. The lowest BCUT2D eigenvalue weighted by atomic mass is 9.92. The zero-order valence-electron chi connectivity index (χ0n) is 25.0. The van der Waals surface area contributed by atoms with E-state index in [2.05, 4.69) is 5.32 Å². The molecule has 1 N–H and O–H groups in total. The van der Waals surface area contributed by atoms with Gasteiger partial charge in [-0.25, -0.2) is 4.79 Å². The second-order valence-corrected chi connectivity index (χ2v) is 14.2. The average Bonchev–Trinajstić information content (AvgIpc) is 2.98. The molecule has 0 bridgehead atoms. The highest BCUT2D eigenvalue weighted by atomic mass is 35.5. The normalized spacial score (nSPS) is 14.2. The highest BCUT2D eigenvalue weighted by Gasteiger charge is 2.29. The highest BCUT2D eigenvalue weighted by molar-refractivity contribution is 7.92. The van der Waals surface area contributed by atoms with Crippen LogP contribution in [0.4, 0.5) is 10.5 Å². The van der Waals surface area contributed by atoms with Gasteiger partial charge in [0.2, 0.25) is 0 Å². The lowest BCUT2D eigenvalue weighted by molar-refractivity contribution is 0.0180. The molecule has 1 heterocycles. The number of anilines is 1. The fraction of sp³-hybridized carbons (Fsp3) is 0.375. The van der Waals surface area contributed by atoms with Gasteiger partial charge in [0, 0.05) is 30.2 Å². The smallest absolute Gasteiger partial charge is 0.410 e. The second-order valence-electron chi connectivity index (χ2n) is 11.6. The number of carbonyl (C=O) groups excluding carboxylic acids is 2. The van der Waals surface area contributed by atoms with Crippen molar-refractivity contribution in [1.82, 2.24) is 10.2 Å². The highest BCUT2D eigenvalue weighted by Crippen LogP contribution is 2.32. The van der Waals surface area contributed by atoms with Crippen molar-refractivity contribution in [1.29, 1.82) is 0 Å². The number of carbonyl (C=O) groups is 2. The van der Waals surface area contributed by atoms with E-state index >= 15 is 0 Å². The molecule has 4 rings (SSSR count). The quantitative estimate of drug-likeness (QED) is 0.180. The first-order valence-electron chi connectivity index (χ1n) is 14.4. The lowest BCUT2D eigenvalue weighted by Crippen LogP contribution is -2.41. The molecule has 2 amide bonds. The van der Waals surface area contributed by atoms with E-state index in [-0.39, 0.29) is 33.4 Å². The fourth-order valence-corrected chi connectivity index (χ4v) is 6.42. The van der Waals surface area contributed by atoms with E-state index in [1.165, 1.54) is 36.4 Å². The third-order valence-corrected chi connectivity index (χ3v) is 9.14. The largest absolute Gasteiger partial charge is 0.444 e. The average molecular weight is 663 g/mol. The molecule has 0 saturated carbocycles. The molecule has 9 nitrogen and oxygen atoms in total. The summed E-state index contributed by atoms with van der Waals surface area (Å²) in [5.41, 5.74) is 0.0863. The SMILES string of the molecule is CC(C)(C)OC(=O)N1CCC(CCCNC(=O)c2ccc(S(=O)(=O)N(Oc3ccc(Cl)cc3Cl)c3ccccc3)cc2)CC1. The number of rotatable bonds is 10. The zero-order chi connectivity index (χ0) is 31.9. The van der Waals surface area contributed by atoms with Gasteiger partial charge in [0.25, 0.3) is 15.9 Å². The van der Waals surface area contributed by atoms with Crippen LogP contribution in [0.5, 0.6) is 5.75 Å². The molecule has 1 fully saturated rings. The van der Waals surface area contributed by atoms with Crippen LogP contribution in [0.25, 0.3) is 0 Å². The predicted molar refractivity (Wildman–Crippen MR) is 172 cm³/mol. The molecule has 0 aromatic heterocycles. The van der Waals surface area contributed by atoms with E-state index in [0.29, 0.717) is 36.1 Å². The van der Waals surface area contributed by atoms with Gasteiger partial charge in [0.05, 0.1) is 15.6 Å². The molecule has 3 aromatic carbocycles. The zero-order valence-corrected chi connectivity index (χ0v) is 27.3. The molecule has 0 aliphatic carbocycles. The summed E-state index contributed by atoms with van der Waals surface area (Å²) in [4.78, 5) is 32.5. The van der Waals surface area contributed by atoms with Crippen molar-refractivity contribution in [2.75, 3.05) is 24.1 Å². The molecule has 1 saturated heterocycles. The number of nitrogens with one attached hydrogen (secondary N) is 1. The van der Waals surface area contributed by atoms with E-state index in [1.54, 1.807) is 41.3 Å². The van der Waals surface area contributed by atoms with Crippen molar-refractivity contribution in [2.24, 2.45) is 5.92 Å². The fourth-order valence-electron chi connectivity index (χ4n) is 4.73. The van der Waals surface area contributed by atoms with Crippen molar-refractivity contribution in [3.63, 3.8) is 0 Å². The van der Waals surface area contributed by atoms with Crippen LogP contribution in [0.3, 0.4) is 0 Å². The Kier molecular flexibility index (Phi) is 11.0. The minimum absolute atomic E-state index is 0.0688. The maximum Gasteiger partial charge on any atom is 0.410 e. The molecule has 0 atom stereocenters. The van der Waals surface area contributed by atoms with Gasteiger partial charge >= 0.3 is 6.09 Å². The molecule has 12 heteroatoms. The van der Waals surface area contributed by atoms with E-state index in [9.17, 15) is 18.0 Å². The maximum atomic E-state index is 13.7. The number of halogens is 2. The van der Waals surface area contributed by atoms with Gasteiger partial charge < -0.3 is 19.8 Å². The number of hydrogen-bond donors (Lipinski definition) is 1. The molecular formula is C32H37Cl2N3O6S. The van der Waals surface area contributed by atoms with Crippen LogP contribution < -0.4 is 14.6 Å². The van der Waals surface area contributed by atoms with Crippen LogP contribution in [0.15, 0.2) is 77.7 Å². The Morgan fingerprint density at radius 1 is 0.977 bits per heavy atom. The van der Waals surface area contributed by atoms with Crippen molar-refractivity contribution in [2.45, 2.75) is 57.0 Å². The Balaban J connectivity index is 1.32. The minimum Gasteiger partial charge on any atom is -0.444 e. The van der Waals surface area contributed by atoms with Crippen LogP contribution in [0.2, 0.25) is 10.0 Å². The number of amides is 2. The van der Waals surface area contributed by atoms with Crippen molar-refractivity contribution < 1.29 is 27.6 Å². The van der Waals surface area contributed by atoms with Gasteiger partial charge in [0.1, 0.15) is 5.60 Å². The molecular weight excluding hydrogens is 625 g/mol. The number of nitrogens with zero attached hydrogens (tertiary/aromatic N) is 2. The number of hydrogen-bond acceptors (Lipinski definition) is 6. The molecule has 3 aromatic rings. The van der Waals surface area contributed by atoms with E-state index in [0.717, 1.165) is 30.2 Å². The first kappa shape index (κ1) is 33.4. The van der Waals surface area contributed by atoms with Crippen LogP contribution in [0.1, 0.15) is 56.8 Å². The van der Waals surface area contributed by atoms with Crippen LogP contribution in [-0.2, 0) is 14.8 Å². The van der Waals surface area contributed by atoms with Crippen LogP contribution >= 0.6 is 23.2 Å². The number of para-hydroxylation sites is 1. The standard InChI is InChI=1S/C32H37Cl2N3O6S/c1-32(2,3)42-31(39)36-20-17-23(18-21-36)8-7-19-35-30(38)24-11-14-27(15-12-24)44(40,41)37(26-9-5-4-6-10-26)43-29-16-13-25(33)22-28(29)34/h4-6,9-16,22-23H,7-8,17-21H2,1-3H3,(H,35,38). The summed E-state index contributed by atoms with van der Waals surface area (Å²) < 4.78 is 33.6. The molecule has 0 unspecified atom stereocenters. The number of sulfonamides is 1. The number of ether oxygens (including phenoxy) is 1. The summed E-state index contributed by atoms with van der Waals surface area (Å²) in [5.74, 6) is 0.290. The van der Waals surface area contributed by atoms with Crippen LogP contribution in [-0.4, -0.2) is 50.6 Å². The van der Waals surface area contributed by atoms with E-state index < -0.39 is 15.6 Å². The van der Waals surface area contributed by atoms with Gasteiger partial charge in [-0.05, 0) is 107 Å². The van der Waals surface area contributed by atoms with E-state index in [1.807, 2.05) is 20.8 Å². The Labute approximate surface area is 269 Å². The first-order valence-corrected chi connectivity index (χ1v) is 16.6. The van der Waals surface area contributed by atoms with Crippen molar-refractivity contribution in [3.8, 4) is 5.75 Å². The van der Waals surface area contributed by atoms with Crippen LogP contribution in [0, 0.1) is 5.92 Å². The Bertz CT molecular complexity index is 1540. The Morgan fingerprint density at radius 2 is 1.64 bits per heavy atom. The Hall–Kier alpha value is -3.47. The lowest BCUT2D eigenvalue weighted by Gasteiger charge is -2.33. The molecule has 0 spiro atoms. The molecule has 1 aliphatic heterocycles. The topological polar surface area (TPSA) is 105 Å². The van der Waals surface area contributed by atoms with Gasteiger partial charge in [-0.15, -0.1) is 0 Å². The first-order chi connectivity index (χ1) is 20.8. The van der Waals surface area contributed by atoms with Gasteiger partial charge in [-0.2, -0.15) is 8.42 Å². The third-order valence-electron chi connectivity index (χ3n) is 7.02. The third kappa shape index (κ3) is 9.03. The number of benzene rings is 3.